The van der Waals surface area contributed by atoms with E-state index in [1.807, 2.05) is 0 Å². The molecule has 1 saturated carbocycles. The van der Waals surface area contributed by atoms with Gasteiger partial charge in [0, 0.05) is 51.4 Å². The van der Waals surface area contributed by atoms with Crippen LogP contribution in [0.3, 0.4) is 0 Å². The fraction of sp³-hybridized carbons (Fsp3) is 1.00. The maximum Gasteiger partial charge on any atom is 0.0565 e. The van der Waals surface area contributed by atoms with Crippen LogP contribution in [-0.4, -0.2) is 67.3 Å². The van der Waals surface area contributed by atoms with Crippen LogP contribution in [-0.2, 0) is 4.74 Å². The third kappa shape index (κ3) is 3.13. The summed E-state index contributed by atoms with van der Waals surface area (Å²) < 4.78 is 5.72. The number of nitrogens with two attached hydrogens (primary N) is 1. The molecule has 2 atom stereocenters. The van der Waals surface area contributed by atoms with Crippen LogP contribution in [0.5, 0.6) is 0 Å². The van der Waals surface area contributed by atoms with Crippen LogP contribution in [0.25, 0.3) is 0 Å². The van der Waals surface area contributed by atoms with E-state index < -0.39 is 0 Å². The average molecular weight is 267 g/mol. The van der Waals surface area contributed by atoms with Crippen LogP contribution < -0.4 is 5.73 Å². The van der Waals surface area contributed by atoms with Crippen LogP contribution in [0.15, 0.2) is 0 Å². The van der Waals surface area contributed by atoms with Crippen molar-refractivity contribution in [3.05, 3.63) is 0 Å². The van der Waals surface area contributed by atoms with Gasteiger partial charge in [0.1, 0.15) is 0 Å². The van der Waals surface area contributed by atoms with E-state index in [-0.39, 0.29) is 5.54 Å². The lowest BCUT2D eigenvalue weighted by atomic mass is 9.84. The Kier molecular flexibility index (Phi) is 4.13. The normalized spacial score (nSPS) is 38.5. The first-order valence-electron chi connectivity index (χ1n) is 8.01. The quantitative estimate of drug-likeness (QED) is 0.822. The van der Waals surface area contributed by atoms with E-state index in [1.165, 1.54) is 45.6 Å². The summed E-state index contributed by atoms with van der Waals surface area (Å²) >= 11 is 0. The van der Waals surface area contributed by atoms with E-state index >= 15 is 0 Å². The van der Waals surface area contributed by atoms with Gasteiger partial charge in [-0.15, -0.1) is 0 Å². The van der Waals surface area contributed by atoms with Crippen molar-refractivity contribution < 1.29 is 4.74 Å². The Morgan fingerprint density at radius 3 is 2.53 bits per heavy atom. The van der Waals surface area contributed by atoms with Crippen molar-refractivity contribution in [3.8, 4) is 0 Å². The molecule has 1 aliphatic carbocycles. The van der Waals surface area contributed by atoms with Crippen molar-refractivity contribution in [1.82, 2.24) is 9.80 Å². The number of nitrogens with zero attached hydrogens (tertiary/aromatic N) is 2. The summed E-state index contributed by atoms with van der Waals surface area (Å²) in [7, 11) is 0. The molecule has 3 aliphatic rings. The average Bonchev–Trinajstić information content (AvgIpc) is 3.23. The summed E-state index contributed by atoms with van der Waals surface area (Å²) in [4.78, 5) is 5.32. The van der Waals surface area contributed by atoms with Crippen LogP contribution in [0.1, 0.15) is 32.6 Å². The molecule has 2 unspecified atom stereocenters. The predicted octanol–water partition coefficient (Wildman–Crippen LogP) is 0.910. The van der Waals surface area contributed by atoms with Crippen LogP contribution in [0.4, 0.5) is 0 Å². The molecule has 2 aliphatic heterocycles. The highest BCUT2D eigenvalue weighted by atomic mass is 16.5. The number of ether oxygens (including phenoxy) is 1. The third-order valence-corrected chi connectivity index (χ3v) is 5.27. The monoisotopic (exact) mass is 267 g/mol. The molecule has 0 aromatic carbocycles. The van der Waals surface area contributed by atoms with E-state index in [2.05, 4.69) is 16.7 Å². The van der Waals surface area contributed by atoms with Crippen molar-refractivity contribution in [2.24, 2.45) is 11.7 Å². The van der Waals surface area contributed by atoms with Gasteiger partial charge in [0.05, 0.1) is 6.10 Å². The second-order valence-electron chi connectivity index (χ2n) is 6.80. The largest absolute Gasteiger partial charge is 0.378 e. The van der Waals surface area contributed by atoms with Crippen LogP contribution in [0, 0.1) is 5.92 Å². The molecule has 2 heterocycles. The molecular weight excluding hydrogens is 238 g/mol. The highest BCUT2D eigenvalue weighted by molar-refractivity contribution is 4.97. The molecule has 0 radical (unpaired) electrons. The van der Waals surface area contributed by atoms with Gasteiger partial charge >= 0.3 is 0 Å². The topological polar surface area (TPSA) is 41.7 Å². The fourth-order valence-electron chi connectivity index (χ4n) is 3.82. The van der Waals surface area contributed by atoms with Gasteiger partial charge in [-0.3, -0.25) is 4.90 Å². The first-order chi connectivity index (χ1) is 9.22. The first-order valence-corrected chi connectivity index (χ1v) is 8.01. The van der Waals surface area contributed by atoms with E-state index in [1.54, 1.807) is 0 Å². The van der Waals surface area contributed by atoms with Crippen molar-refractivity contribution in [2.45, 2.75) is 44.2 Å². The lowest BCUT2D eigenvalue weighted by Gasteiger charge is -2.50. The fourth-order valence-corrected chi connectivity index (χ4v) is 3.82. The Morgan fingerprint density at radius 1 is 1.21 bits per heavy atom. The highest BCUT2D eigenvalue weighted by Crippen LogP contribution is 2.33. The maximum absolute atomic E-state index is 6.15. The number of rotatable bonds is 4. The molecule has 0 amide bonds. The van der Waals surface area contributed by atoms with E-state index in [0.717, 1.165) is 31.9 Å². The molecule has 0 bridgehead atoms. The predicted molar refractivity (Wildman–Crippen MR) is 77.2 cm³/mol. The Morgan fingerprint density at radius 2 is 1.95 bits per heavy atom. The standard InChI is InChI=1S/C15H29N3O/c1-13-10-15(12-16,4-9-19-13)18-7-5-17(6-8-18)11-14-2-3-14/h13-14H,2-12,16H2,1H3. The summed E-state index contributed by atoms with van der Waals surface area (Å²) in [6.45, 7) is 10.0. The number of hydrogen-bond donors (Lipinski definition) is 1. The molecule has 0 aromatic heterocycles. The van der Waals surface area contributed by atoms with Crippen LogP contribution >= 0.6 is 0 Å². The summed E-state index contributed by atoms with van der Waals surface area (Å²) in [5, 5.41) is 0. The molecule has 19 heavy (non-hydrogen) atoms. The lowest BCUT2D eigenvalue weighted by Crippen LogP contribution is -2.63. The van der Waals surface area contributed by atoms with Crippen LogP contribution in [0.2, 0.25) is 0 Å². The summed E-state index contributed by atoms with van der Waals surface area (Å²) in [5.41, 5.74) is 6.36. The van der Waals surface area contributed by atoms with Crippen molar-refractivity contribution in [2.75, 3.05) is 45.9 Å². The molecule has 3 rings (SSSR count). The Labute approximate surface area is 117 Å². The third-order valence-electron chi connectivity index (χ3n) is 5.27. The summed E-state index contributed by atoms with van der Waals surface area (Å²) in [6.07, 6.45) is 5.49. The maximum atomic E-state index is 6.15. The van der Waals surface area contributed by atoms with E-state index in [4.69, 9.17) is 10.5 Å². The Bertz CT molecular complexity index is 300. The first kappa shape index (κ1) is 13.8. The molecule has 110 valence electrons. The Hall–Kier alpha value is -0.160. The molecule has 2 N–H and O–H groups in total. The Balaban J connectivity index is 1.55. The molecule has 3 fully saturated rings. The van der Waals surface area contributed by atoms with Gasteiger partial charge in [-0.2, -0.15) is 0 Å². The molecule has 0 spiro atoms. The molecule has 0 aromatic rings. The lowest BCUT2D eigenvalue weighted by molar-refractivity contribution is -0.0755. The molecule has 4 nitrogen and oxygen atoms in total. The van der Waals surface area contributed by atoms with Crippen molar-refractivity contribution in [3.63, 3.8) is 0 Å². The number of hydrogen-bond acceptors (Lipinski definition) is 4. The zero-order valence-electron chi connectivity index (χ0n) is 12.3. The zero-order chi connectivity index (χ0) is 13.3. The minimum atomic E-state index is 0.212. The molecule has 2 saturated heterocycles. The second-order valence-corrected chi connectivity index (χ2v) is 6.80. The van der Waals surface area contributed by atoms with Gasteiger partial charge in [0.2, 0.25) is 0 Å². The van der Waals surface area contributed by atoms with Gasteiger partial charge in [-0.1, -0.05) is 0 Å². The molecule has 4 heteroatoms. The summed E-state index contributed by atoms with van der Waals surface area (Å²) in [6, 6.07) is 0. The second kappa shape index (κ2) is 5.68. The van der Waals surface area contributed by atoms with Gasteiger partial charge in [-0.25, -0.2) is 0 Å². The zero-order valence-corrected chi connectivity index (χ0v) is 12.3. The SMILES string of the molecule is CC1CC(CN)(N2CCN(CC3CC3)CC2)CCO1. The van der Waals surface area contributed by atoms with Gasteiger partial charge in [0.25, 0.3) is 0 Å². The van der Waals surface area contributed by atoms with Gasteiger partial charge in [0.15, 0.2) is 0 Å². The van der Waals surface area contributed by atoms with Crippen molar-refractivity contribution >= 4 is 0 Å². The van der Waals surface area contributed by atoms with E-state index in [9.17, 15) is 0 Å². The van der Waals surface area contributed by atoms with E-state index in [0.29, 0.717) is 6.10 Å². The molecular formula is C15H29N3O. The number of piperazine rings is 1. The highest BCUT2D eigenvalue weighted by Gasteiger charge is 2.41. The summed E-state index contributed by atoms with van der Waals surface area (Å²) in [5.74, 6) is 1.01. The minimum absolute atomic E-state index is 0.212. The van der Waals surface area contributed by atoms with Crippen molar-refractivity contribution in [1.29, 1.82) is 0 Å². The minimum Gasteiger partial charge on any atom is -0.378 e. The van der Waals surface area contributed by atoms with Gasteiger partial charge in [-0.05, 0) is 38.5 Å². The smallest absolute Gasteiger partial charge is 0.0565 e. The van der Waals surface area contributed by atoms with Gasteiger partial charge < -0.3 is 15.4 Å².